The van der Waals surface area contributed by atoms with E-state index in [4.69, 9.17) is 10.0 Å². The van der Waals surface area contributed by atoms with Crippen LogP contribution in [-0.2, 0) is 16.5 Å². The topological polar surface area (TPSA) is 54.4 Å². The second kappa shape index (κ2) is 10.8. The SMILES string of the molecule is [2H]c1c([2H])c(S(=O)(=O)O)c([2H])c([2H])c1CCCCCCCCCCCC. The fourth-order valence-corrected chi connectivity index (χ4v) is 2.73. The van der Waals surface area contributed by atoms with Gasteiger partial charge in [-0.15, -0.1) is 0 Å². The molecule has 1 aromatic rings. The molecular weight excluding hydrogens is 296 g/mol. The van der Waals surface area contributed by atoms with E-state index in [0.717, 1.165) is 25.7 Å². The minimum absolute atomic E-state index is 0.215. The molecule has 0 aliphatic rings. The van der Waals surface area contributed by atoms with E-state index in [1.165, 1.54) is 38.5 Å². The molecule has 0 aliphatic heterocycles. The van der Waals surface area contributed by atoms with Crippen LogP contribution in [-0.4, -0.2) is 13.0 Å². The molecule has 0 radical (unpaired) electrons. The van der Waals surface area contributed by atoms with Gasteiger partial charge in [-0.2, -0.15) is 8.42 Å². The lowest BCUT2D eigenvalue weighted by molar-refractivity contribution is 0.483. The average molecular weight is 331 g/mol. The van der Waals surface area contributed by atoms with Gasteiger partial charge in [0, 0.05) is 0 Å². The van der Waals surface area contributed by atoms with Crippen LogP contribution >= 0.6 is 0 Å². The van der Waals surface area contributed by atoms with Gasteiger partial charge in [0.1, 0.15) is 0 Å². The molecule has 0 spiro atoms. The van der Waals surface area contributed by atoms with Crippen LogP contribution in [0.4, 0.5) is 0 Å². The van der Waals surface area contributed by atoms with Gasteiger partial charge in [-0.1, -0.05) is 76.8 Å². The highest BCUT2D eigenvalue weighted by atomic mass is 32.2. The van der Waals surface area contributed by atoms with Crippen molar-refractivity contribution in [3.63, 3.8) is 0 Å². The van der Waals surface area contributed by atoms with Crippen LogP contribution in [0.15, 0.2) is 29.1 Å². The minimum atomic E-state index is -4.79. The molecule has 1 rings (SSSR count). The van der Waals surface area contributed by atoms with Gasteiger partial charge < -0.3 is 0 Å². The van der Waals surface area contributed by atoms with E-state index in [1.807, 2.05) is 0 Å². The second-order valence-corrected chi connectivity index (χ2v) is 7.07. The van der Waals surface area contributed by atoms with Crippen molar-refractivity contribution in [3.05, 3.63) is 29.7 Å². The van der Waals surface area contributed by atoms with Crippen molar-refractivity contribution < 1.29 is 18.5 Å². The van der Waals surface area contributed by atoms with Crippen LogP contribution in [0.3, 0.4) is 0 Å². The quantitative estimate of drug-likeness (QED) is 0.412. The van der Waals surface area contributed by atoms with Crippen molar-refractivity contribution in [2.45, 2.75) is 82.4 Å². The van der Waals surface area contributed by atoms with Gasteiger partial charge in [-0.3, -0.25) is 4.55 Å². The molecule has 0 amide bonds. The summed E-state index contributed by atoms with van der Waals surface area (Å²) in [4.78, 5) is -0.945. The van der Waals surface area contributed by atoms with Crippen molar-refractivity contribution in [1.82, 2.24) is 0 Å². The third-order valence-electron chi connectivity index (χ3n) is 3.69. The molecule has 0 saturated heterocycles. The molecule has 0 saturated carbocycles. The van der Waals surface area contributed by atoms with Crippen molar-refractivity contribution >= 4 is 10.1 Å². The normalized spacial score (nSPS) is 14.3. The van der Waals surface area contributed by atoms with Gasteiger partial charge in [-0.05, 0) is 30.5 Å². The van der Waals surface area contributed by atoms with Gasteiger partial charge in [0.2, 0.25) is 0 Å². The van der Waals surface area contributed by atoms with E-state index in [9.17, 15) is 8.42 Å². The van der Waals surface area contributed by atoms with E-state index >= 15 is 0 Å². The molecular formula is C18H30O3S. The predicted octanol–water partition coefficient (Wildman–Crippen LogP) is 5.40. The Kier molecular flexibility index (Phi) is 6.65. The fourth-order valence-electron chi connectivity index (χ4n) is 2.37. The Morgan fingerprint density at radius 1 is 0.864 bits per heavy atom. The summed E-state index contributed by atoms with van der Waals surface area (Å²) in [7, 11) is -4.79. The van der Waals surface area contributed by atoms with Crippen LogP contribution in [0, 0.1) is 0 Å². The standard InChI is InChI=1S/C18H30O3S/c1-2-3-4-5-6-7-8-9-10-11-12-17-13-15-18(16-14-17)22(19,20)21/h13-16H,2-12H2,1H3,(H,19,20,21)/i13D,14D,15D,16D. The molecule has 0 bridgehead atoms. The summed E-state index contributed by atoms with van der Waals surface area (Å²) in [5, 5.41) is 0. The fraction of sp³-hybridized carbons (Fsp3) is 0.667. The third-order valence-corrected chi connectivity index (χ3v) is 4.41. The lowest BCUT2D eigenvalue weighted by Crippen LogP contribution is -1.98. The summed E-state index contributed by atoms with van der Waals surface area (Å²) in [6.07, 6.45) is 11.9. The molecule has 126 valence electrons. The average Bonchev–Trinajstić information content (AvgIpc) is 2.56. The molecule has 0 heterocycles. The monoisotopic (exact) mass is 330 g/mol. The maximum Gasteiger partial charge on any atom is 0.294 e. The van der Waals surface area contributed by atoms with E-state index in [-0.39, 0.29) is 17.6 Å². The summed E-state index contributed by atoms with van der Waals surface area (Å²) < 4.78 is 63.0. The predicted molar refractivity (Wildman–Crippen MR) is 91.8 cm³/mol. The highest BCUT2D eigenvalue weighted by Crippen LogP contribution is 2.14. The summed E-state index contributed by atoms with van der Waals surface area (Å²) in [5.41, 5.74) is 0.215. The molecule has 22 heavy (non-hydrogen) atoms. The third kappa shape index (κ3) is 8.54. The van der Waals surface area contributed by atoms with Crippen LogP contribution in [0.2, 0.25) is 0 Å². The van der Waals surface area contributed by atoms with Gasteiger partial charge in [-0.25, -0.2) is 0 Å². The lowest BCUT2D eigenvalue weighted by atomic mass is 10.0. The highest BCUT2D eigenvalue weighted by molar-refractivity contribution is 7.85. The molecule has 0 unspecified atom stereocenters. The van der Waals surface area contributed by atoms with Gasteiger partial charge in [0.05, 0.1) is 10.4 Å². The van der Waals surface area contributed by atoms with E-state index < -0.39 is 27.1 Å². The van der Waals surface area contributed by atoms with Crippen LogP contribution in [0.25, 0.3) is 0 Å². The molecule has 0 fully saturated rings. The Labute approximate surface area is 141 Å². The number of benzene rings is 1. The van der Waals surface area contributed by atoms with E-state index in [0.29, 0.717) is 6.42 Å². The first-order valence-electron chi connectivity index (χ1n) is 10.3. The smallest absolute Gasteiger partial charge is 0.282 e. The summed E-state index contributed by atoms with van der Waals surface area (Å²) in [6, 6.07) is -2.16. The largest absolute Gasteiger partial charge is 0.294 e. The van der Waals surface area contributed by atoms with Gasteiger partial charge in [0.25, 0.3) is 10.1 Å². The number of unbranched alkanes of at least 4 members (excludes halogenated alkanes) is 9. The molecule has 0 atom stereocenters. The number of hydrogen-bond acceptors (Lipinski definition) is 2. The van der Waals surface area contributed by atoms with Crippen molar-refractivity contribution in [3.8, 4) is 0 Å². The zero-order valence-corrected chi connectivity index (χ0v) is 14.3. The van der Waals surface area contributed by atoms with Crippen molar-refractivity contribution in [2.24, 2.45) is 0 Å². The first-order valence-corrected chi connectivity index (χ1v) is 9.72. The molecule has 1 aromatic carbocycles. The second-order valence-electron chi connectivity index (χ2n) is 5.71. The molecule has 4 heteroatoms. The maximum atomic E-state index is 11.3. The Hall–Kier alpha value is -0.870. The Balaban J connectivity index is 2.52. The number of hydrogen-bond donors (Lipinski definition) is 1. The van der Waals surface area contributed by atoms with E-state index in [1.54, 1.807) is 0 Å². The molecule has 0 aromatic heterocycles. The van der Waals surface area contributed by atoms with Crippen molar-refractivity contribution in [2.75, 3.05) is 0 Å². The van der Waals surface area contributed by atoms with Crippen LogP contribution in [0.5, 0.6) is 0 Å². The lowest BCUT2D eigenvalue weighted by Gasteiger charge is -2.04. The van der Waals surface area contributed by atoms with Crippen molar-refractivity contribution in [1.29, 1.82) is 0 Å². The van der Waals surface area contributed by atoms with Gasteiger partial charge >= 0.3 is 0 Å². The highest BCUT2D eigenvalue weighted by Gasteiger charge is 2.08. The molecule has 1 N–H and O–H groups in total. The van der Waals surface area contributed by atoms with Gasteiger partial charge in [0.15, 0.2) is 0 Å². The van der Waals surface area contributed by atoms with E-state index in [2.05, 4.69) is 6.92 Å². The van der Waals surface area contributed by atoms with Crippen LogP contribution < -0.4 is 0 Å². The van der Waals surface area contributed by atoms with Crippen LogP contribution in [0.1, 0.15) is 82.2 Å². The first-order chi connectivity index (χ1) is 12.2. The Morgan fingerprint density at radius 3 is 1.77 bits per heavy atom. The Bertz CT molecular complexity index is 661. The summed E-state index contributed by atoms with van der Waals surface area (Å²) in [6.45, 7) is 2.20. The number of rotatable bonds is 12. The maximum absolute atomic E-state index is 11.3. The molecule has 3 nitrogen and oxygen atoms in total. The molecule has 0 aliphatic carbocycles. The minimum Gasteiger partial charge on any atom is -0.282 e. The summed E-state index contributed by atoms with van der Waals surface area (Å²) in [5.74, 6) is 0. The summed E-state index contributed by atoms with van der Waals surface area (Å²) >= 11 is 0. The Morgan fingerprint density at radius 2 is 1.32 bits per heavy atom. The first kappa shape index (κ1) is 13.6. The zero-order chi connectivity index (χ0) is 19.7. The zero-order valence-electron chi connectivity index (χ0n) is 17.5.